The molecule has 0 radical (unpaired) electrons. The van der Waals surface area contributed by atoms with Crippen LogP contribution in [-0.2, 0) is 14.4 Å². The van der Waals surface area contributed by atoms with Gasteiger partial charge < -0.3 is 29.5 Å². The zero-order valence-electron chi connectivity index (χ0n) is 16.8. The summed E-state index contributed by atoms with van der Waals surface area (Å²) in [7, 11) is 4.21. The summed E-state index contributed by atoms with van der Waals surface area (Å²) in [5, 5.41) is 27.4. The first kappa shape index (κ1) is 22.5. The van der Waals surface area contributed by atoms with Crippen LogP contribution in [0.2, 0.25) is 0 Å². The van der Waals surface area contributed by atoms with Crippen molar-refractivity contribution in [1.29, 1.82) is 0 Å². The van der Waals surface area contributed by atoms with E-state index >= 15 is 0 Å². The number of aromatic nitrogens is 1. The third-order valence-electron chi connectivity index (χ3n) is 3.99. The van der Waals surface area contributed by atoms with Crippen molar-refractivity contribution in [2.75, 3.05) is 27.2 Å². The number of aromatic amines is 1. The maximum absolute atomic E-state index is 9.41. The van der Waals surface area contributed by atoms with E-state index in [9.17, 15) is 19.8 Å². The molecule has 3 rings (SSSR count). The molecule has 1 heterocycles. The van der Waals surface area contributed by atoms with Crippen molar-refractivity contribution < 1.29 is 34.5 Å². The fourth-order valence-electron chi connectivity index (χ4n) is 2.56. The third kappa shape index (κ3) is 6.99. The lowest BCUT2D eigenvalue weighted by molar-refractivity contribution is -0.858. The molecular weight excluding hydrogens is 386 g/mol. The number of carbonyl (C=O) groups excluding carboxylic acids is 2. The van der Waals surface area contributed by atoms with Gasteiger partial charge in [0.2, 0.25) is 5.52 Å². The van der Waals surface area contributed by atoms with E-state index in [0.717, 1.165) is 33.6 Å². The highest BCUT2D eigenvalue weighted by molar-refractivity contribution is 5.90. The maximum Gasteiger partial charge on any atom is 0.213 e. The lowest BCUT2D eigenvalue weighted by Gasteiger charge is -2.04. The highest BCUT2D eigenvalue weighted by atomic mass is 16.6. The molecule has 0 fully saturated rings. The summed E-state index contributed by atoms with van der Waals surface area (Å²) in [5.41, 5.74) is 1.04. The van der Waals surface area contributed by atoms with Gasteiger partial charge in [-0.25, -0.2) is 4.98 Å². The van der Waals surface area contributed by atoms with Crippen molar-refractivity contribution in [3.05, 3.63) is 72.2 Å². The molecule has 156 valence electrons. The normalized spacial score (nSPS) is 11.5. The second kappa shape index (κ2) is 11.3. The SMILES string of the molecule is C[NH+](C)CCO/N=c1/c2ccccc2ccc2[nH+]cccc12.O=C([O-])/C=C\C(=O)[O-]. The molecule has 30 heavy (non-hydrogen) atoms. The first-order valence-electron chi connectivity index (χ1n) is 9.26. The van der Waals surface area contributed by atoms with E-state index in [2.05, 4.69) is 54.6 Å². The van der Waals surface area contributed by atoms with Crippen molar-refractivity contribution in [2.24, 2.45) is 5.16 Å². The van der Waals surface area contributed by atoms with Crippen LogP contribution in [0, 0.1) is 0 Å². The third-order valence-corrected chi connectivity index (χ3v) is 3.99. The van der Waals surface area contributed by atoms with E-state index in [1.54, 1.807) is 0 Å². The molecule has 8 nitrogen and oxygen atoms in total. The maximum atomic E-state index is 9.41. The largest absolute Gasteiger partial charge is 0.545 e. The number of carboxylic acids is 2. The number of carbonyl (C=O) groups is 2. The van der Waals surface area contributed by atoms with E-state index in [0.29, 0.717) is 18.8 Å². The molecule has 0 aliphatic rings. The van der Waals surface area contributed by atoms with Crippen LogP contribution in [0.1, 0.15) is 0 Å². The van der Waals surface area contributed by atoms with Gasteiger partial charge in [0.15, 0.2) is 12.8 Å². The Bertz CT molecular complexity index is 1050. The van der Waals surface area contributed by atoms with Crippen molar-refractivity contribution >= 4 is 33.6 Å². The van der Waals surface area contributed by atoms with E-state index in [1.807, 2.05) is 24.4 Å². The molecule has 0 unspecified atom stereocenters. The Balaban J connectivity index is 0.000000343. The first-order valence-corrected chi connectivity index (χ1v) is 9.26. The molecular formula is C22H23N3O5. The van der Waals surface area contributed by atoms with Gasteiger partial charge in [0.25, 0.3) is 0 Å². The summed E-state index contributed by atoms with van der Waals surface area (Å²) in [6.07, 6.45) is 2.69. The molecule has 2 aromatic carbocycles. The number of aliphatic carboxylic acids is 2. The van der Waals surface area contributed by atoms with E-state index in [1.165, 1.54) is 4.90 Å². The van der Waals surface area contributed by atoms with Crippen LogP contribution in [0.25, 0.3) is 21.7 Å². The molecule has 2 N–H and O–H groups in total. The number of H-pyrrole nitrogens is 1. The minimum atomic E-state index is -1.55. The molecule has 1 aromatic heterocycles. The van der Waals surface area contributed by atoms with Crippen LogP contribution < -0.4 is 25.5 Å². The van der Waals surface area contributed by atoms with Gasteiger partial charge in [0.05, 0.1) is 31.4 Å². The number of pyridine rings is 1. The number of fused-ring (bicyclic) bond motifs is 2. The average molecular weight is 409 g/mol. The van der Waals surface area contributed by atoms with Gasteiger partial charge in [-0.15, -0.1) is 0 Å². The van der Waals surface area contributed by atoms with E-state index < -0.39 is 11.9 Å². The Morgan fingerprint density at radius 1 is 1.00 bits per heavy atom. The quantitative estimate of drug-likeness (QED) is 0.282. The molecule has 3 aromatic rings. The Morgan fingerprint density at radius 2 is 1.67 bits per heavy atom. The molecule has 0 aliphatic heterocycles. The van der Waals surface area contributed by atoms with Gasteiger partial charge in [-0.2, -0.15) is 0 Å². The van der Waals surface area contributed by atoms with Crippen molar-refractivity contribution in [2.45, 2.75) is 0 Å². The summed E-state index contributed by atoms with van der Waals surface area (Å²) in [6, 6.07) is 16.5. The molecule has 0 atom stereocenters. The highest BCUT2D eigenvalue weighted by Crippen LogP contribution is 2.12. The van der Waals surface area contributed by atoms with E-state index in [-0.39, 0.29) is 0 Å². The smallest absolute Gasteiger partial charge is 0.213 e. The van der Waals surface area contributed by atoms with Crippen LogP contribution in [0.5, 0.6) is 0 Å². The predicted octanol–water partition coefficient (Wildman–Crippen LogP) is -2.17. The fourth-order valence-corrected chi connectivity index (χ4v) is 2.56. The van der Waals surface area contributed by atoms with Gasteiger partial charge in [0, 0.05) is 17.5 Å². The summed E-state index contributed by atoms with van der Waals surface area (Å²) < 4.78 is 0. The number of quaternary nitrogens is 1. The number of likely N-dealkylation sites (N-methyl/N-ethyl adjacent to an activating group) is 1. The van der Waals surface area contributed by atoms with Crippen LogP contribution in [0.15, 0.2) is 72.0 Å². The van der Waals surface area contributed by atoms with E-state index in [4.69, 9.17) is 4.84 Å². The Labute approximate surface area is 173 Å². The molecule has 0 bridgehead atoms. The number of nitrogens with one attached hydrogen (secondary N) is 2. The number of benzene rings is 1. The first-order chi connectivity index (χ1) is 14.4. The summed E-state index contributed by atoms with van der Waals surface area (Å²) in [6.45, 7) is 1.53. The minimum absolute atomic E-state index is 0.384. The van der Waals surface area contributed by atoms with Gasteiger partial charge in [-0.1, -0.05) is 29.4 Å². The van der Waals surface area contributed by atoms with Crippen molar-refractivity contribution in [1.82, 2.24) is 0 Å². The Morgan fingerprint density at radius 3 is 2.33 bits per heavy atom. The predicted molar refractivity (Wildman–Crippen MR) is 106 cm³/mol. The Kier molecular flexibility index (Phi) is 8.46. The Hall–Kier alpha value is -3.78. The van der Waals surface area contributed by atoms with Crippen molar-refractivity contribution in [3.63, 3.8) is 0 Å². The highest BCUT2D eigenvalue weighted by Gasteiger charge is 2.05. The number of carboxylic acid groups (broad SMARTS) is 2. The van der Waals surface area contributed by atoms with Gasteiger partial charge in [0.1, 0.15) is 11.9 Å². The fraction of sp³-hybridized carbons (Fsp3) is 0.182. The zero-order valence-corrected chi connectivity index (χ0v) is 16.8. The average Bonchev–Trinajstić information content (AvgIpc) is 2.87. The second-order valence-electron chi connectivity index (χ2n) is 6.62. The monoisotopic (exact) mass is 409 g/mol. The zero-order chi connectivity index (χ0) is 21.9. The summed E-state index contributed by atoms with van der Waals surface area (Å²) in [4.78, 5) is 29.0. The number of hydrogen-bond acceptors (Lipinski definition) is 6. The lowest BCUT2D eigenvalue weighted by atomic mass is 10.1. The summed E-state index contributed by atoms with van der Waals surface area (Å²) in [5.74, 6) is -3.09. The van der Waals surface area contributed by atoms with Crippen LogP contribution in [0.4, 0.5) is 0 Å². The summed E-state index contributed by atoms with van der Waals surface area (Å²) >= 11 is 0. The molecule has 0 saturated heterocycles. The number of rotatable bonds is 6. The molecule has 0 amide bonds. The lowest BCUT2D eigenvalue weighted by Crippen LogP contribution is -3.06. The number of nitrogens with zero attached hydrogens (tertiary/aromatic N) is 1. The topological polar surface area (TPSA) is 120 Å². The van der Waals surface area contributed by atoms with Crippen LogP contribution in [0.3, 0.4) is 0 Å². The molecule has 0 aliphatic carbocycles. The molecule has 0 spiro atoms. The molecule has 0 saturated carbocycles. The van der Waals surface area contributed by atoms with Crippen molar-refractivity contribution in [3.8, 4) is 0 Å². The van der Waals surface area contributed by atoms with Gasteiger partial charge >= 0.3 is 0 Å². The van der Waals surface area contributed by atoms with Gasteiger partial charge in [-0.05, 0) is 29.7 Å². The van der Waals surface area contributed by atoms with Crippen LogP contribution >= 0.6 is 0 Å². The van der Waals surface area contributed by atoms with Crippen LogP contribution in [-0.4, -0.2) is 39.2 Å². The number of hydrogen-bond donors (Lipinski definition) is 1. The van der Waals surface area contributed by atoms with Gasteiger partial charge in [-0.3, -0.25) is 0 Å². The standard InChI is InChI=1S/C18H19N3O.C4H4O4/c1-21(2)12-13-22-20-18-15-7-4-3-6-14(15)9-10-17-16(18)8-5-11-19-17;5-3(6)1-2-4(7)8/h3-11H,12-13H2,1-2H3;1-2H,(H,5,6)(H,7,8)/b20-18-;2-1-. The molecule has 8 heteroatoms. The second-order valence-corrected chi connectivity index (χ2v) is 6.62. The minimum Gasteiger partial charge on any atom is -0.545 e.